The molecule has 0 aromatic heterocycles. The van der Waals surface area contributed by atoms with Crippen LogP contribution in [0.1, 0.15) is 51.9 Å². The lowest BCUT2D eigenvalue weighted by Gasteiger charge is -1.98. The van der Waals surface area contributed by atoms with Gasteiger partial charge in [0.2, 0.25) is 0 Å². The lowest BCUT2D eigenvalue weighted by atomic mass is 10.1. The first-order valence-corrected chi connectivity index (χ1v) is 5.66. The zero-order valence-corrected chi connectivity index (χ0v) is 8.74. The molecule has 1 nitrogen and oxygen atoms in total. The van der Waals surface area contributed by atoms with E-state index in [1.165, 1.54) is 38.5 Å². The van der Waals surface area contributed by atoms with Gasteiger partial charge in [-0.2, -0.15) is 0 Å². The molecule has 0 radical (unpaired) electrons. The lowest BCUT2D eigenvalue weighted by Crippen LogP contribution is -1.77. The molecule has 0 saturated carbocycles. The minimum absolute atomic E-state index is 0.543. The van der Waals surface area contributed by atoms with Gasteiger partial charge in [-0.1, -0.05) is 45.1 Å². The number of allylic oxidation sites excluding steroid dienone is 1. The fraction of sp³-hybridized carbons (Fsp3) is 0.800. The molecule has 0 aromatic rings. The molecule has 0 spiro atoms. The van der Waals surface area contributed by atoms with Crippen LogP contribution in [0.5, 0.6) is 0 Å². The first kappa shape index (κ1) is 12.0. The molecule has 12 heavy (non-hydrogen) atoms. The Balaban J connectivity index is 2.86. The molecule has 0 aromatic carbocycles. The molecule has 0 aliphatic rings. The Bertz CT molecular complexity index is 102. The van der Waals surface area contributed by atoms with E-state index in [2.05, 4.69) is 6.92 Å². The first-order chi connectivity index (χ1) is 5.91. The average molecular weight is 187 g/mol. The summed E-state index contributed by atoms with van der Waals surface area (Å²) < 4.78 is 9.93. The molecule has 0 amide bonds. The fourth-order valence-corrected chi connectivity index (χ4v) is 1.36. The normalized spacial score (nSPS) is 11.2. The smallest absolute Gasteiger partial charge is 0.0343 e. The fourth-order valence-electron chi connectivity index (χ4n) is 1.15. The SMILES string of the molecule is CCCCCCCC/C=C/S[O-]. The van der Waals surface area contributed by atoms with Crippen molar-refractivity contribution >= 4 is 12.0 Å². The van der Waals surface area contributed by atoms with E-state index in [9.17, 15) is 4.55 Å². The summed E-state index contributed by atoms with van der Waals surface area (Å²) >= 11 is 0.543. The maximum absolute atomic E-state index is 9.93. The van der Waals surface area contributed by atoms with Crippen LogP contribution < -0.4 is 0 Å². The second kappa shape index (κ2) is 11.1. The molecule has 0 N–H and O–H groups in total. The number of hydrogen-bond acceptors (Lipinski definition) is 2. The van der Waals surface area contributed by atoms with Gasteiger partial charge < -0.3 is 4.55 Å². The molecule has 0 bridgehead atoms. The third-order valence-electron chi connectivity index (χ3n) is 1.88. The Morgan fingerprint density at radius 2 is 1.75 bits per heavy atom. The topological polar surface area (TPSA) is 23.1 Å². The highest BCUT2D eigenvalue weighted by Gasteiger charge is 1.87. The summed E-state index contributed by atoms with van der Waals surface area (Å²) in [5.74, 6) is 0. The van der Waals surface area contributed by atoms with Gasteiger partial charge in [0.15, 0.2) is 0 Å². The first-order valence-electron chi connectivity index (χ1n) is 4.85. The van der Waals surface area contributed by atoms with Crippen LogP contribution in [0, 0.1) is 0 Å². The van der Waals surface area contributed by atoms with Crippen LogP contribution in [0.3, 0.4) is 0 Å². The van der Waals surface area contributed by atoms with Crippen molar-refractivity contribution in [2.75, 3.05) is 0 Å². The number of unbranched alkanes of at least 4 members (excludes halogenated alkanes) is 6. The highest BCUT2D eigenvalue weighted by Crippen LogP contribution is 2.07. The van der Waals surface area contributed by atoms with Gasteiger partial charge in [-0.05, 0) is 18.2 Å². The van der Waals surface area contributed by atoms with Gasteiger partial charge in [0.05, 0.1) is 0 Å². The van der Waals surface area contributed by atoms with Crippen molar-refractivity contribution < 1.29 is 4.55 Å². The van der Waals surface area contributed by atoms with Gasteiger partial charge in [0.25, 0.3) is 0 Å². The molecule has 0 saturated heterocycles. The zero-order valence-electron chi connectivity index (χ0n) is 7.92. The van der Waals surface area contributed by atoms with E-state index in [0.717, 1.165) is 6.42 Å². The molecule has 0 unspecified atom stereocenters. The Labute approximate surface area is 80.5 Å². The minimum atomic E-state index is 0.543. The van der Waals surface area contributed by atoms with E-state index in [-0.39, 0.29) is 0 Å². The van der Waals surface area contributed by atoms with Crippen molar-refractivity contribution in [2.24, 2.45) is 0 Å². The van der Waals surface area contributed by atoms with Crippen molar-refractivity contribution in [1.82, 2.24) is 0 Å². The summed E-state index contributed by atoms with van der Waals surface area (Å²) in [6.07, 6.45) is 11.0. The van der Waals surface area contributed by atoms with Crippen molar-refractivity contribution in [2.45, 2.75) is 51.9 Å². The summed E-state index contributed by atoms with van der Waals surface area (Å²) in [7, 11) is 0. The van der Waals surface area contributed by atoms with Crippen molar-refractivity contribution in [1.29, 1.82) is 0 Å². The highest BCUT2D eigenvalue weighted by molar-refractivity contribution is 7.96. The Kier molecular flexibility index (Phi) is 11.1. The molecule has 0 aliphatic heterocycles. The molecular formula is C10H19OS-. The van der Waals surface area contributed by atoms with Crippen LogP contribution in [0.4, 0.5) is 0 Å². The molecule has 0 atom stereocenters. The van der Waals surface area contributed by atoms with E-state index in [4.69, 9.17) is 0 Å². The van der Waals surface area contributed by atoms with Crippen molar-refractivity contribution in [3.63, 3.8) is 0 Å². The summed E-state index contributed by atoms with van der Waals surface area (Å²) in [4.78, 5) is 0. The average Bonchev–Trinajstić information content (AvgIpc) is 2.10. The van der Waals surface area contributed by atoms with Gasteiger partial charge in [0, 0.05) is 0 Å². The van der Waals surface area contributed by atoms with Crippen molar-refractivity contribution in [3.8, 4) is 0 Å². The van der Waals surface area contributed by atoms with Gasteiger partial charge in [-0.15, -0.1) is 0 Å². The summed E-state index contributed by atoms with van der Waals surface area (Å²) in [6.45, 7) is 2.23. The van der Waals surface area contributed by atoms with Gasteiger partial charge in [-0.3, -0.25) is 0 Å². The number of rotatable bonds is 8. The predicted molar refractivity (Wildman–Crippen MR) is 55.5 cm³/mol. The molecule has 2 heteroatoms. The molecule has 0 fully saturated rings. The highest BCUT2D eigenvalue weighted by atomic mass is 32.2. The second-order valence-corrected chi connectivity index (χ2v) is 3.49. The molecule has 0 heterocycles. The quantitative estimate of drug-likeness (QED) is 0.421. The Morgan fingerprint density at radius 3 is 2.42 bits per heavy atom. The minimum Gasteiger partial charge on any atom is -0.795 e. The van der Waals surface area contributed by atoms with E-state index < -0.39 is 0 Å². The predicted octanol–water partition coefficient (Wildman–Crippen LogP) is 4.11. The molecular weight excluding hydrogens is 168 g/mol. The van der Waals surface area contributed by atoms with E-state index in [1.54, 1.807) is 5.41 Å². The largest absolute Gasteiger partial charge is 0.795 e. The summed E-state index contributed by atoms with van der Waals surface area (Å²) in [5, 5.41) is 1.63. The van der Waals surface area contributed by atoms with Crippen molar-refractivity contribution in [3.05, 3.63) is 11.5 Å². The van der Waals surface area contributed by atoms with Gasteiger partial charge in [-0.25, -0.2) is 12.0 Å². The molecule has 72 valence electrons. The maximum Gasteiger partial charge on any atom is -0.0343 e. The van der Waals surface area contributed by atoms with Crippen LogP contribution in [-0.2, 0) is 0 Å². The number of hydrogen-bond donors (Lipinski definition) is 0. The van der Waals surface area contributed by atoms with Crippen LogP contribution in [0.2, 0.25) is 0 Å². The van der Waals surface area contributed by atoms with Crippen LogP contribution >= 0.6 is 12.0 Å². The monoisotopic (exact) mass is 187 g/mol. The molecule has 0 aliphatic carbocycles. The van der Waals surface area contributed by atoms with Crippen LogP contribution in [0.15, 0.2) is 11.5 Å². The second-order valence-electron chi connectivity index (χ2n) is 3.02. The van der Waals surface area contributed by atoms with Gasteiger partial charge in [0.1, 0.15) is 0 Å². The standard InChI is InChI=1S/C10H20OS/c1-2-3-4-5-6-7-8-9-10-12-11/h9-11H,2-8H2,1H3/p-1/b10-9+. The molecule has 0 rings (SSSR count). The third-order valence-corrected chi connectivity index (χ3v) is 2.18. The zero-order chi connectivity index (χ0) is 9.07. The van der Waals surface area contributed by atoms with Crippen LogP contribution in [0.25, 0.3) is 0 Å². The third kappa shape index (κ3) is 10.0. The van der Waals surface area contributed by atoms with E-state index >= 15 is 0 Å². The van der Waals surface area contributed by atoms with Crippen LogP contribution in [-0.4, -0.2) is 4.55 Å². The summed E-state index contributed by atoms with van der Waals surface area (Å²) in [6, 6.07) is 0. The summed E-state index contributed by atoms with van der Waals surface area (Å²) in [5.41, 5.74) is 0. The van der Waals surface area contributed by atoms with Gasteiger partial charge >= 0.3 is 0 Å². The maximum atomic E-state index is 9.93. The van der Waals surface area contributed by atoms with E-state index in [1.807, 2.05) is 6.08 Å². The lowest BCUT2D eigenvalue weighted by molar-refractivity contribution is 0.611. The Hall–Kier alpha value is 0.0500. The van der Waals surface area contributed by atoms with E-state index in [0.29, 0.717) is 12.0 Å². The Morgan fingerprint density at radius 1 is 1.08 bits per heavy atom.